The van der Waals surface area contributed by atoms with E-state index in [1.54, 1.807) is 20.8 Å². The minimum atomic E-state index is -2.90. The molecule has 0 aliphatic heterocycles. The number of carbonyl (C=O) groups excluding carboxylic acids is 2. The number of hydrogen-bond donors (Lipinski definition) is 1. The molecule has 0 aliphatic rings. The van der Waals surface area contributed by atoms with Crippen LogP contribution in [0.15, 0.2) is 24.3 Å². The first-order chi connectivity index (χ1) is 9.20. The highest BCUT2D eigenvalue weighted by Gasteiger charge is 2.21. The Labute approximate surface area is 116 Å². The first-order valence-corrected chi connectivity index (χ1v) is 6.06. The maximum Gasteiger partial charge on any atom is 0.387 e. The fraction of sp³-hybridized carbons (Fsp3) is 0.429. The largest absolute Gasteiger partial charge is 0.435 e. The van der Waals surface area contributed by atoms with Crippen LogP contribution in [-0.2, 0) is 4.79 Å². The van der Waals surface area contributed by atoms with E-state index in [4.69, 9.17) is 0 Å². The number of hydrogen-bond acceptors (Lipinski definition) is 3. The van der Waals surface area contributed by atoms with Crippen LogP contribution in [-0.4, -0.2) is 24.8 Å². The molecular weight excluding hydrogens is 268 g/mol. The smallest absolute Gasteiger partial charge is 0.387 e. The fourth-order valence-electron chi connectivity index (χ4n) is 1.32. The lowest BCUT2D eigenvalue weighted by molar-refractivity contribution is -0.125. The predicted molar refractivity (Wildman–Crippen MR) is 69.9 cm³/mol. The molecule has 4 nitrogen and oxygen atoms in total. The maximum absolute atomic E-state index is 12.0. The lowest BCUT2D eigenvalue weighted by Crippen LogP contribution is -2.35. The Morgan fingerprint density at radius 3 is 2.20 bits per heavy atom. The molecule has 0 saturated heterocycles. The van der Waals surface area contributed by atoms with Crippen molar-refractivity contribution < 1.29 is 23.1 Å². The molecule has 1 rings (SSSR count). The van der Waals surface area contributed by atoms with Crippen molar-refractivity contribution in [3.8, 4) is 5.75 Å². The minimum Gasteiger partial charge on any atom is -0.435 e. The number of ether oxygens (including phenoxy) is 1. The molecule has 0 fully saturated rings. The van der Waals surface area contributed by atoms with Crippen LogP contribution in [0.25, 0.3) is 0 Å². The summed E-state index contributed by atoms with van der Waals surface area (Å²) in [5, 5.41) is 2.49. The van der Waals surface area contributed by atoms with Gasteiger partial charge in [-0.3, -0.25) is 9.59 Å². The normalized spacial score (nSPS) is 11.3. The van der Waals surface area contributed by atoms with Crippen LogP contribution in [0, 0.1) is 5.41 Å². The molecule has 1 aromatic rings. The van der Waals surface area contributed by atoms with Crippen LogP contribution in [0.3, 0.4) is 0 Å². The van der Waals surface area contributed by atoms with Crippen molar-refractivity contribution in [1.82, 2.24) is 5.32 Å². The molecule has 1 N–H and O–H groups in total. The molecule has 1 aromatic carbocycles. The van der Waals surface area contributed by atoms with Crippen LogP contribution < -0.4 is 10.1 Å². The van der Waals surface area contributed by atoms with Gasteiger partial charge in [0.15, 0.2) is 5.78 Å². The third-order valence-corrected chi connectivity index (χ3v) is 2.59. The number of alkyl halides is 2. The molecule has 0 saturated carbocycles. The number of rotatable bonds is 5. The van der Waals surface area contributed by atoms with Gasteiger partial charge in [-0.1, -0.05) is 20.8 Å². The van der Waals surface area contributed by atoms with Gasteiger partial charge >= 0.3 is 6.61 Å². The zero-order chi connectivity index (χ0) is 15.3. The van der Waals surface area contributed by atoms with Crippen molar-refractivity contribution in [2.45, 2.75) is 27.4 Å². The van der Waals surface area contributed by atoms with E-state index in [-0.39, 0.29) is 23.6 Å². The molecule has 110 valence electrons. The van der Waals surface area contributed by atoms with E-state index in [1.807, 2.05) is 0 Å². The van der Waals surface area contributed by atoms with Gasteiger partial charge in [0, 0.05) is 11.0 Å². The number of amides is 1. The Morgan fingerprint density at radius 2 is 1.75 bits per heavy atom. The molecular formula is C14H17F2NO3. The van der Waals surface area contributed by atoms with Gasteiger partial charge < -0.3 is 10.1 Å². The van der Waals surface area contributed by atoms with Crippen LogP contribution >= 0.6 is 0 Å². The summed E-state index contributed by atoms with van der Waals surface area (Å²) in [6, 6.07) is 5.25. The Hall–Kier alpha value is -1.98. The number of ketones is 1. The minimum absolute atomic E-state index is 0.0256. The van der Waals surface area contributed by atoms with E-state index in [1.165, 1.54) is 24.3 Å². The van der Waals surface area contributed by atoms with Crippen molar-refractivity contribution in [2.75, 3.05) is 6.54 Å². The summed E-state index contributed by atoms with van der Waals surface area (Å²) in [5.41, 5.74) is -0.254. The Balaban J connectivity index is 2.58. The van der Waals surface area contributed by atoms with Crippen LogP contribution in [0.4, 0.5) is 8.78 Å². The summed E-state index contributed by atoms with van der Waals surface area (Å²) in [4.78, 5) is 23.4. The zero-order valence-corrected chi connectivity index (χ0v) is 11.6. The second-order valence-electron chi connectivity index (χ2n) is 5.26. The molecule has 0 spiro atoms. The predicted octanol–water partition coefficient (Wildman–Crippen LogP) is 2.63. The quantitative estimate of drug-likeness (QED) is 0.904. The number of halogens is 2. The molecule has 0 bridgehead atoms. The van der Waals surface area contributed by atoms with E-state index < -0.39 is 17.9 Å². The highest BCUT2D eigenvalue weighted by atomic mass is 19.3. The highest BCUT2D eigenvalue weighted by Crippen LogP contribution is 2.15. The summed E-state index contributed by atoms with van der Waals surface area (Å²) in [7, 11) is 0. The number of Topliss-reactive ketones (excluding diaryl/α,β-unsaturated/α-hetero) is 1. The van der Waals surface area contributed by atoms with Gasteiger partial charge in [-0.05, 0) is 24.3 Å². The average Bonchev–Trinajstić information content (AvgIpc) is 2.34. The van der Waals surface area contributed by atoms with Crippen molar-refractivity contribution in [3.63, 3.8) is 0 Å². The lowest BCUT2D eigenvalue weighted by atomic mass is 9.91. The number of nitrogens with one attached hydrogen (secondary N) is 1. The fourth-order valence-corrected chi connectivity index (χ4v) is 1.32. The first kappa shape index (κ1) is 16.1. The average molecular weight is 285 g/mol. The summed E-state index contributed by atoms with van der Waals surface area (Å²) >= 11 is 0. The van der Waals surface area contributed by atoms with E-state index in [0.29, 0.717) is 0 Å². The summed E-state index contributed by atoms with van der Waals surface area (Å²) in [5.74, 6) is -0.558. The van der Waals surface area contributed by atoms with Gasteiger partial charge in [-0.2, -0.15) is 8.78 Å². The Morgan fingerprint density at radius 1 is 1.20 bits per heavy atom. The van der Waals surface area contributed by atoms with E-state index in [0.717, 1.165) is 0 Å². The van der Waals surface area contributed by atoms with Crippen LogP contribution in [0.5, 0.6) is 5.75 Å². The van der Waals surface area contributed by atoms with Crippen molar-refractivity contribution >= 4 is 11.7 Å². The lowest BCUT2D eigenvalue weighted by Gasteiger charge is -2.16. The van der Waals surface area contributed by atoms with Crippen LogP contribution in [0.1, 0.15) is 31.1 Å². The van der Waals surface area contributed by atoms with Gasteiger partial charge in [0.25, 0.3) is 5.91 Å². The van der Waals surface area contributed by atoms with Crippen molar-refractivity contribution in [3.05, 3.63) is 29.8 Å². The second kappa shape index (κ2) is 6.45. The van der Waals surface area contributed by atoms with E-state index in [9.17, 15) is 18.4 Å². The van der Waals surface area contributed by atoms with Gasteiger partial charge in [0.2, 0.25) is 0 Å². The highest BCUT2D eigenvalue weighted by molar-refractivity contribution is 5.97. The molecule has 1 amide bonds. The third-order valence-electron chi connectivity index (χ3n) is 2.59. The van der Waals surface area contributed by atoms with Gasteiger partial charge in [-0.15, -0.1) is 0 Å². The molecule has 0 radical (unpaired) electrons. The molecule has 0 heterocycles. The second-order valence-corrected chi connectivity index (χ2v) is 5.26. The standard InChI is InChI=1S/C14H17F2NO3/c1-14(2,3)11(18)8-17-12(19)9-4-6-10(7-5-9)20-13(15)16/h4-7,13H,8H2,1-3H3,(H,17,19). The number of carbonyl (C=O) groups is 2. The van der Waals surface area contributed by atoms with Gasteiger partial charge in [0.05, 0.1) is 6.54 Å². The molecule has 20 heavy (non-hydrogen) atoms. The first-order valence-electron chi connectivity index (χ1n) is 6.06. The molecule has 6 heteroatoms. The molecule has 0 aromatic heterocycles. The van der Waals surface area contributed by atoms with E-state index in [2.05, 4.69) is 10.1 Å². The van der Waals surface area contributed by atoms with Crippen molar-refractivity contribution in [1.29, 1.82) is 0 Å². The van der Waals surface area contributed by atoms with Gasteiger partial charge in [-0.25, -0.2) is 0 Å². The van der Waals surface area contributed by atoms with Crippen LogP contribution in [0.2, 0.25) is 0 Å². The monoisotopic (exact) mass is 285 g/mol. The van der Waals surface area contributed by atoms with Gasteiger partial charge in [0.1, 0.15) is 5.75 Å². The Kier molecular flexibility index (Phi) is 5.19. The topological polar surface area (TPSA) is 55.4 Å². The van der Waals surface area contributed by atoms with E-state index >= 15 is 0 Å². The molecule has 0 unspecified atom stereocenters. The Bertz CT molecular complexity index is 478. The van der Waals surface area contributed by atoms with Crippen molar-refractivity contribution in [2.24, 2.45) is 5.41 Å². The zero-order valence-electron chi connectivity index (χ0n) is 11.6. The maximum atomic E-state index is 12.0. The summed E-state index contributed by atoms with van der Waals surface area (Å²) in [6.45, 7) is 2.31. The molecule has 0 aliphatic carbocycles. The summed E-state index contributed by atoms with van der Waals surface area (Å²) in [6.07, 6.45) is 0. The third kappa shape index (κ3) is 4.95. The summed E-state index contributed by atoms with van der Waals surface area (Å²) < 4.78 is 28.1. The molecule has 0 atom stereocenters. The SMILES string of the molecule is CC(C)(C)C(=O)CNC(=O)c1ccc(OC(F)F)cc1. The number of benzene rings is 1.